The maximum absolute atomic E-state index is 3.84. The van der Waals surface area contributed by atoms with E-state index in [1.807, 2.05) is 11.3 Å². The van der Waals surface area contributed by atoms with E-state index >= 15 is 0 Å². The highest BCUT2D eigenvalue weighted by molar-refractivity contribution is 9.11. The Kier molecular flexibility index (Phi) is 3.40. The molecular weight excluding hydrogens is 324 g/mol. The topological polar surface area (TPSA) is 0 Å². The van der Waals surface area contributed by atoms with Crippen molar-refractivity contribution in [2.75, 3.05) is 0 Å². The SMILES string of the molecule is Cc1sc(Br)cc1C(Br)C(C)C1CC1. The Morgan fingerprint density at radius 1 is 1.50 bits per heavy atom. The van der Waals surface area contributed by atoms with Crippen molar-refractivity contribution in [1.82, 2.24) is 0 Å². The molecule has 1 saturated carbocycles. The van der Waals surface area contributed by atoms with Gasteiger partial charge in [0, 0.05) is 9.70 Å². The lowest BCUT2D eigenvalue weighted by molar-refractivity contribution is 0.502. The Hall–Kier alpha value is 0.660. The number of hydrogen-bond donors (Lipinski definition) is 0. The maximum atomic E-state index is 3.84. The second-order valence-electron chi connectivity index (χ2n) is 4.16. The van der Waals surface area contributed by atoms with E-state index in [1.165, 1.54) is 27.1 Å². The third kappa shape index (κ3) is 2.25. The van der Waals surface area contributed by atoms with Gasteiger partial charge in [-0.2, -0.15) is 0 Å². The van der Waals surface area contributed by atoms with Crippen LogP contribution in [-0.4, -0.2) is 0 Å². The molecule has 1 aliphatic rings. The number of halogens is 2. The zero-order valence-electron chi connectivity index (χ0n) is 8.39. The Balaban J connectivity index is 2.16. The van der Waals surface area contributed by atoms with Gasteiger partial charge < -0.3 is 0 Å². The minimum atomic E-state index is 0.539. The van der Waals surface area contributed by atoms with Crippen LogP contribution in [0.5, 0.6) is 0 Å². The average molecular weight is 338 g/mol. The van der Waals surface area contributed by atoms with E-state index in [-0.39, 0.29) is 0 Å². The van der Waals surface area contributed by atoms with Gasteiger partial charge in [0.25, 0.3) is 0 Å². The van der Waals surface area contributed by atoms with Crippen LogP contribution in [0.4, 0.5) is 0 Å². The molecule has 14 heavy (non-hydrogen) atoms. The van der Waals surface area contributed by atoms with Gasteiger partial charge in [0.05, 0.1) is 3.79 Å². The van der Waals surface area contributed by atoms with Gasteiger partial charge in [0.1, 0.15) is 0 Å². The molecule has 1 aromatic rings. The van der Waals surface area contributed by atoms with E-state index < -0.39 is 0 Å². The van der Waals surface area contributed by atoms with Crippen molar-refractivity contribution >= 4 is 43.2 Å². The quantitative estimate of drug-likeness (QED) is 0.656. The van der Waals surface area contributed by atoms with E-state index in [9.17, 15) is 0 Å². The van der Waals surface area contributed by atoms with Crippen LogP contribution in [0.15, 0.2) is 9.85 Å². The summed E-state index contributed by atoms with van der Waals surface area (Å²) in [5.41, 5.74) is 1.47. The molecule has 1 heterocycles. The van der Waals surface area contributed by atoms with Gasteiger partial charge in [-0.3, -0.25) is 0 Å². The van der Waals surface area contributed by atoms with Crippen molar-refractivity contribution in [2.45, 2.75) is 31.5 Å². The molecule has 0 aliphatic heterocycles. The first kappa shape index (κ1) is 11.2. The molecule has 78 valence electrons. The molecule has 2 atom stereocenters. The molecule has 0 nitrogen and oxygen atoms in total. The molecule has 2 rings (SSSR count). The van der Waals surface area contributed by atoms with E-state index in [4.69, 9.17) is 0 Å². The van der Waals surface area contributed by atoms with Crippen LogP contribution >= 0.6 is 43.2 Å². The minimum Gasteiger partial charge on any atom is -0.133 e. The monoisotopic (exact) mass is 336 g/mol. The highest BCUT2D eigenvalue weighted by Crippen LogP contribution is 2.48. The van der Waals surface area contributed by atoms with Gasteiger partial charge in [0.2, 0.25) is 0 Å². The third-order valence-corrected chi connectivity index (χ3v) is 5.95. The molecule has 0 N–H and O–H groups in total. The van der Waals surface area contributed by atoms with Gasteiger partial charge in [0.15, 0.2) is 0 Å². The molecule has 0 spiro atoms. The lowest BCUT2D eigenvalue weighted by Crippen LogP contribution is -2.05. The zero-order valence-corrected chi connectivity index (χ0v) is 12.4. The molecule has 0 aromatic carbocycles. The summed E-state index contributed by atoms with van der Waals surface area (Å²) < 4.78 is 1.25. The molecule has 0 amide bonds. The summed E-state index contributed by atoms with van der Waals surface area (Å²) >= 11 is 9.23. The number of thiophene rings is 1. The summed E-state index contributed by atoms with van der Waals surface area (Å²) in [6.45, 7) is 4.57. The summed E-state index contributed by atoms with van der Waals surface area (Å²) in [6.07, 6.45) is 2.85. The maximum Gasteiger partial charge on any atom is 0.0704 e. The van der Waals surface area contributed by atoms with Crippen LogP contribution in [-0.2, 0) is 0 Å². The average Bonchev–Trinajstić information content (AvgIpc) is 2.90. The Morgan fingerprint density at radius 3 is 2.57 bits per heavy atom. The van der Waals surface area contributed by atoms with Crippen molar-refractivity contribution in [1.29, 1.82) is 0 Å². The molecule has 1 aliphatic carbocycles. The third-order valence-electron chi connectivity index (χ3n) is 3.05. The van der Waals surface area contributed by atoms with Gasteiger partial charge in [-0.25, -0.2) is 0 Å². The van der Waals surface area contributed by atoms with E-state index in [2.05, 4.69) is 51.8 Å². The van der Waals surface area contributed by atoms with Gasteiger partial charge in [-0.1, -0.05) is 22.9 Å². The first-order valence-electron chi connectivity index (χ1n) is 4.99. The Morgan fingerprint density at radius 2 is 2.14 bits per heavy atom. The largest absolute Gasteiger partial charge is 0.133 e. The summed E-state index contributed by atoms with van der Waals surface area (Å²) in [7, 11) is 0. The summed E-state index contributed by atoms with van der Waals surface area (Å²) in [5, 5.41) is 0. The van der Waals surface area contributed by atoms with Crippen molar-refractivity contribution in [3.63, 3.8) is 0 Å². The number of hydrogen-bond acceptors (Lipinski definition) is 1. The van der Waals surface area contributed by atoms with Crippen molar-refractivity contribution in [3.05, 3.63) is 20.3 Å². The minimum absolute atomic E-state index is 0.539. The lowest BCUT2D eigenvalue weighted by Gasteiger charge is -2.17. The van der Waals surface area contributed by atoms with Crippen molar-refractivity contribution in [3.8, 4) is 0 Å². The standard InChI is InChI=1S/C11H14Br2S/c1-6(8-3-4-8)11(13)9-5-10(12)14-7(9)2/h5-6,8,11H,3-4H2,1-2H3. The van der Waals surface area contributed by atoms with Crippen molar-refractivity contribution < 1.29 is 0 Å². The van der Waals surface area contributed by atoms with Gasteiger partial charge in [-0.15, -0.1) is 11.3 Å². The molecule has 1 fully saturated rings. The van der Waals surface area contributed by atoms with E-state index in [0.717, 1.165) is 11.8 Å². The fourth-order valence-electron chi connectivity index (χ4n) is 1.88. The van der Waals surface area contributed by atoms with Crippen molar-refractivity contribution in [2.24, 2.45) is 11.8 Å². The van der Waals surface area contributed by atoms with Crippen LogP contribution in [0.25, 0.3) is 0 Å². The second kappa shape index (κ2) is 4.26. The Labute approximate surface area is 106 Å². The second-order valence-corrected chi connectivity index (χ2v) is 7.78. The number of rotatable bonds is 3. The molecular formula is C11H14Br2S. The fraction of sp³-hybridized carbons (Fsp3) is 0.636. The van der Waals surface area contributed by atoms with E-state index in [1.54, 1.807) is 0 Å². The van der Waals surface area contributed by atoms with Gasteiger partial charge >= 0.3 is 0 Å². The van der Waals surface area contributed by atoms with Crippen LogP contribution in [0.1, 0.15) is 35.0 Å². The summed E-state index contributed by atoms with van der Waals surface area (Å²) in [6, 6.07) is 2.26. The number of aryl methyl sites for hydroxylation is 1. The predicted octanol–water partition coefficient (Wildman–Crippen LogP) is 5.30. The highest BCUT2D eigenvalue weighted by atomic mass is 79.9. The van der Waals surface area contributed by atoms with Crippen LogP contribution in [0, 0.1) is 18.8 Å². The highest BCUT2D eigenvalue weighted by Gasteiger charge is 2.33. The first-order valence-corrected chi connectivity index (χ1v) is 7.52. The molecule has 3 heteroatoms. The fourth-order valence-corrected chi connectivity index (χ4v) is 4.69. The van der Waals surface area contributed by atoms with Crippen LogP contribution < -0.4 is 0 Å². The summed E-state index contributed by atoms with van der Waals surface area (Å²) in [4.78, 5) is 1.98. The lowest BCUT2D eigenvalue weighted by atomic mass is 9.97. The van der Waals surface area contributed by atoms with Crippen LogP contribution in [0.2, 0.25) is 0 Å². The predicted molar refractivity (Wildman–Crippen MR) is 70.3 cm³/mol. The Bertz CT molecular complexity index is 328. The number of alkyl halides is 1. The molecule has 0 bridgehead atoms. The van der Waals surface area contributed by atoms with E-state index in [0.29, 0.717) is 4.83 Å². The van der Waals surface area contributed by atoms with Gasteiger partial charge in [-0.05, 0) is 59.2 Å². The zero-order chi connectivity index (χ0) is 10.3. The normalized spacial score (nSPS) is 20.9. The molecule has 1 aromatic heterocycles. The summed E-state index contributed by atoms with van der Waals surface area (Å²) in [5.74, 6) is 1.73. The molecule has 0 saturated heterocycles. The molecule has 2 unspecified atom stereocenters. The smallest absolute Gasteiger partial charge is 0.0704 e. The molecule has 0 radical (unpaired) electrons. The first-order chi connectivity index (χ1) is 6.59. The van der Waals surface area contributed by atoms with Crippen LogP contribution in [0.3, 0.4) is 0 Å².